The lowest BCUT2D eigenvalue weighted by molar-refractivity contribution is -0.137. The lowest BCUT2D eigenvalue weighted by Crippen LogP contribution is -2.74. The second-order valence-electron chi connectivity index (χ2n) is 15.7. The number of nitrogens with one attached hydrogen (secondary N) is 1. The van der Waals surface area contributed by atoms with Crippen molar-refractivity contribution < 1.29 is 19.0 Å². The zero-order valence-electron chi connectivity index (χ0n) is 25.8. The SMILES string of the molecule is C1CN(C2COC2)CCC1N1CC2(CNC2)C1.CC(C)(C)OC(=O)N1CC2(C1)CN(C1CCN(C3COC3)CC1)C2. The van der Waals surface area contributed by atoms with Gasteiger partial charge in [-0.25, -0.2) is 4.79 Å². The molecular formula is C31H54N6O4. The second-order valence-corrected chi connectivity index (χ2v) is 15.7. The van der Waals surface area contributed by atoms with E-state index in [-0.39, 0.29) is 6.09 Å². The summed E-state index contributed by atoms with van der Waals surface area (Å²) in [5, 5.41) is 3.42. The van der Waals surface area contributed by atoms with E-state index in [0.29, 0.717) is 16.9 Å². The minimum Gasteiger partial charge on any atom is -0.444 e. The van der Waals surface area contributed by atoms with E-state index < -0.39 is 5.60 Å². The van der Waals surface area contributed by atoms with E-state index >= 15 is 0 Å². The van der Waals surface area contributed by atoms with Crippen LogP contribution in [0.25, 0.3) is 0 Å². The monoisotopic (exact) mass is 574 g/mol. The predicted octanol–water partition coefficient (Wildman–Crippen LogP) is 1.16. The molecule has 8 fully saturated rings. The smallest absolute Gasteiger partial charge is 0.410 e. The highest BCUT2D eigenvalue weighted by molar-refractivity contribution is 5.69. The maximum Gasteiger partial charge on any atom is 0.410 e. The zero-order chi connectivity index (χ0) is 28.2. The Kier molecular flexibility index (Phi) is 7.83. The average Bonchev–Trinajstić information content (AvgIpc) is 2.74. The number of hydrogen-bond acceptors (Lipinski definition) is 9. The van der Waals surface area contributed by atoms with Gasteiger partial charge in [-0.05, 0) is 46.5 Å². The number of piperidine rings is 2. The van der Waals surface area contributed by atoms with Gasteiger partial charge in [0, 0.05) is 101 Å². The van der Waals surface area contributed by atoms with E-state index in [0.717, 1.165) is 70.7 Å². The minimum atomic E-state index is -0.398. The highest BCUT2D eigenvalue weighted by Gasteiger charge is 2.55. The van der Waals surface area contributed by atoms with Crippen molar-refractivity contribution in [2.45, 2.75) is 76.2 Å². The van der Waals surface area contributed by atoms with Gasteiger partial charge >= 0.3 is 6.09 Å². The van der Waals surface area contributed by atoms with Crippen LogP contribution < -0.4 is 5.32 Å². The quantitative estimate of drug-likeness (QED) is 0.533. The summed E-state index contributed by atoms with van der Waals surface area (Å²) in [4.78, 5) is 24.5. The molecule has 1 N–H and O–H groups in total. The van der Waals surface area contributed by atoms with Crippen LogP contribution in [-0.4, -0.2) is 165 Å². The Morgan fingerprint density at radius 1 is 0.659 bits per heavy atom. The van der Waals surface area contributed by atoms with Crippen molar-refractivity contribution in [2.75, 3.05) is 105 Å². The molecule has 1 amide bonds. The molecule has 8 heterocycles. The Labute approximate surface area is 246 Å². The molecule has 0 atom stereocenters. The highest BCUT2D eigenvalue weighted by atomic mass is 16.6. The lowest BCUT2D eigenvalue weighted by atomic mass is 9.72. The maximum absolute atomic E-state index is 12.1. The Morgan fingerprint density at radius 3 is 1.44 bits per heavy atom. The summed E-state index contributed by atoms with van der Waals surface area (Å²) in [6, 6.07) is 3.04. The molecule has 0 unspecified atom stereocenters. The van der Waals surface area contributed by atoms with Crippen LogP contribution in [0.1, 0.15) is 46.5 Å². The molecule has 10 heteroatoms. The molecule has 0 aromatic heterocycles. The summed E-state index contributed by atoms with van der Waals surface area (Å²) in [7, 11) is 0. The minimum absolute atomic E-state index is 0.150. The lowest BCUT2D eigenvalue weighted by Gasteiger charge is -2.62. The Morgan fingerprint density at radius 2 is 1.10 bits per heavy atom. The van der Waals surface area contributed by atoms with Crippen molar-refractivity contribution in [3.05, 3.63) is 0 Å². The molecule has 2 spiro atoms. The molecule has 8 rings (SSSR count). The molecule has 10 nitrogen and oxygen atoms in total. The predicted molar refractivity (Wildman–Crippen MR) is 157 cm³/mol. The normalized spacial score (nSPS) is 31.6. The first-order valence-corrected chi connectivity index (χ1v) is 16.5. The molecule has 0 aliphatic carbocycles. The van der Waals surface area contributed by atoms with E-state index in [1.54, 1.807) is 0 Å². The van der Waals surface area contributed by atoms with Crippen LogP contribution in [0.4, 0.5) is 4.79 Å². The van der Waals surface area contributed by atoms with E-state index in [1.165, 1.54) is 78.0 Å². The first kappa shape index (κ1) is 28.7. The summed E-state index contributed by atoms with van der Waals surface area (Å²) < 4.78 is 16.0. The molecule has 0 aromatic rings. The van der Waals surface area contributed by atoms with Crippen LogP contribution in [0, 0.1) is 10.8 Å². The summed E-state index contributed by atoms with van der Waals surface area (Å²) in [6.45, 7) is 23.9. The topological polar surface area (TPSA) is 73.0 Å². The van der Waals surface area contributed by atoms with Gasteiger partial charge in [0.15, 0.2) is 0 Å². The van der Waals surface area contributed by atoms with Gasteiger partial charge in [-0.2, -0.15) is 0 Å². The standard InChI is InChI=1S/C18H31N3O3.C13H23N3O/c1-17(2,3)24-16(22)21-12-18(13-21)10-20(11-18)14-4-6-19(7-5-14)15-8-23-9-15;1-3-15(12-5-17-6-12)4-2-11(1)16-9-13(10-16)7-14-8-13/h14-15H,4-13H2,1-3H3;11-12,14H,1-10H2. The molecule has 8 aliphatic heterocycles. The number of rotatable bonds is 4. The fourth-order valence-corrected chi connectivity index (χ4v) is 8.37. The summed E-state index contributed by atoms with van der Waals surface area (Å²) >= 11 is 0. The van der Waals surface area contributed by atoms with Crippen molar-refractivity contribution in [1.82, 2.24) is 29.8 Å². The van der Waals surface area contributed by atoms with Gasteiger partial charge in [0.1, 0.15) is 5.60 Å². The van der Waals surface area contributed by atoms with Crippen LogP contribution in [0.5, 0.6) is 0 Å². The molecule has 0 bridgehead atoms. The van der Waals surface area contributed by atoms with Gasteiger partial charge in [-0.3, -0.25) is 19.6 Å². The van der Waals surface area contributed by atoms with Crippen LogP contribution >= 0.6 is 0 Å². The van der Waals surface area contributed by atoms with Gasteiger partial charge in [0.25, 0.3) is 0 Å². The molecule has 0 saturated carbocycles. The number of carbonyl (C=O) groups excluding carboxylic acids is 1. The van der Waals surface area contributed by atoms with Gasteiger partial charge < -0.3 is 24.4 Å². The number of likely N-dealkylation sites (tertiary alicyclic amines) is 5. The molecule has 0 aromatic carbocycles. The van der Waals surface area contributed by atoms with Crippen molar-refractivity contribution in [1.29, 1.82) is 0 Å². The van der Waals surface area contributed by atoms with Gasteiger partial charge in [-0.15, -0.1) is 0 Å². The van der Waals surface area contributed by atoms with Gasteiger partial charge in [0.2, 0.25) is 0 Å². The van der Waals surface area contributed by atoms with Crippen LogP contribution in [0.2, 0.25) is 0 Å². The number of carbonyl (C=O) groups is 1. The molecule has 8 aliphatic rings. The zero-order valence-corrected chi connectivity index (χ0v) is 25.8. The number of amides is 1. The molecular weight excluding hydrogens is 520 g/mol. The van der Waals surface area contributed by atoms with Gasteiger partial charge in [0.05, 0.1) is 38.5 Å². The van der Waals surface area contributed by atoms with Crippen molar-refractivity contribution in [3.8, 4) is 0 Å². The Hall–Kier alpha value is -1.01. The summed E-state index contributed by atoms with van der Waals surface area (Å²) in [5.41, 5.74) is 0.653. The largest absolute Gasteiger partial charge is 0.444 e. The molecule has 41 heavy (non-hydrogen) atoms. The van der Waals surface area contributed by atoms with Crippen molar-refractivity contribution in [3.63, 3.8) is 0 Å². The van der Waals surface area contributed by atoms with E-state index in [9.17, 15) is 4.79 Å². The van der Waals surface area contributed by atoms with E-state index in [4.69, 9.17) is 14.2 Å². The molecule has 8 saturated heterocycles. The summed E-state index contributed by atoms with van der Waals surface area (Å²) in [6.07, 6.45) is 5.16. The van der Waals surface area contributed by atoms with E-state index in [2.05, 4.69) is 24.9 Å². The second kappa shape index (κ2) is 11.2. The Bertz CT molecular complexity index is 909. The van der Waals surface area contributed by atoms with Crippen molar-refractivity contribution >= 4 is 6.09 Å². The first-order valence-electron chi connectivity index (χ1n) is 16.5. The highest BCUT2D eigenvalue weighted by Crippen LogP contribution is 2.42. The maximum atomic E-state index is 12.1. The van der Waals surface area contributed by atoms with Crippen LogP contribution in [0.15, 0.2) is 0 Å². The molecule has 232 valence electrons. The first-order chi connectivity index (χ1) is 19.7. The number of ether oxygens (including phenoxy) is 3. The fraction of sp³-hybridized carbons (Fsp3) is 0.968. The third-order valence-corrected chi connectivity index (χ3v) is 11.2. The number of hydrogen-bond donors (Lipinski definition) is 1. The van der Waals surface area contributed by atoms with Gasteiger partial charge in [-0.1, -0.05) is 0 Å². The van der Waals surface area contributed by atoms with Crippen LogP contribution in [0.3, 0.4) is 0 Å². The van der Waals surface area contributed by atoms with Crippen molar-refractivity contribution in [2.24, 2.45) is 10.8 Å². The average molecular weight is 575 g/mol. The Balaban J connectivity index is 0.000000142. The molecule has 0 radical (unpaired) electrons. The third-order valence-electron chi connectivity index (χ3n) is 11.2. The van der Waals surface area contributed by atoms with Crippen LogP contribution in [-0.2, 0) is 14.2 Å². The number of nitrogens with zero attached hydrogens (tertiary/aromatic N) is 5. The summed E-state index contributed by atoms with van der Waals surface area (Å²) in [5.74, 6) is 0. The van der Waals surface area contributed by atoms with E-state index in [1.807, 2.05) is 25.7 Å². The third kappa shape index (κ3) is 6.04. The fourth-order valence-electron chi connectivity index (χ4n) is 8.37.